The molecule has 52 valence electrons. The van der Waals surface area contributed by atoms with Gasteiger partial charge in [0.05, 0.1) is 0 Å². The van der Waals surface area contributed by atoms with Crippen LogP contribution in [-0.2, 0) is 0 Å². The van der Waals surface area contributed by atoms with Crippen LogP contribution in [0.5, 0.6) is 0 Å². The molecule has 0 aliphatic carbocycles. The summed E-state index contributed by atoms with van der Waals surface area (Å²) in [7, 11) is 0. The lowest BCUT2D eigenvalue weighted by Gasteiger charge is -2.04. The van der Waals surface area contributed by atoms with Gasteiger partial charge in [-0.05, 0) is 13.8 Å². The topological polar surface area (TPSA) is 12.0 Å². The summed E-state index contributed by atoms with van der Waals surface area (Å²) in [4.78, 5) is 0. The van der Waals surface area contributed by atoms with Crippen molar-refractivity contribution < 1.29 is 0 Å². The van der Waals surface area contributed by atoms with Gasteiger partial charge in [-0.1, -0.05) is 18.2 Å². The Morgan fingerprint density at radius 3 is 2.78 bits per heavy atom. The minimum atomic E-state index is 0.418. The third kappa shape index (κ3) is 5.31. The smallest absolute Gasteiger partial charge is 0.0222 e. The molecule has 1 N–H and O–H groups in total. The van der Waals surface area contributed by atoms with Crippen molar-refractivity contribution in [3.05, 3.63) is 24.8 Å². The van der Waals surface area contributed by atoms with Crippen LogP contribution >= 0.6 is 0 Å². The Kier molecular flexibility index (Phi) is 5.23. The zero-order valence-electron chi connectivity index (χ0n) is 6.22. The van der Waals surface area contributed by atoms with Crippen molar-refractivity contribution in [2.75, 3.05) is 6.54 Å². The minimum absolute atomic E-state index is 0.418. The molecule has 0 amide bonds. The molecule has 0 aliphatic heterocycles. The summed E-state index contributed by atoms with van der Waals surface area (Å²) in [6.07, 6.45) is 6.01. The van der Waals surface area contributed by atoms with Gasteiger partial charge >= 0.3 is 0 Å². The second kappa shape index (κ2) is 5.57. The molecule has 0 rings (SSSR count). The fourth-order valence-corrected chi connectivity index (χ4v) is 0.455. The maximum absolute atomic E-state index is 3.65. The highest BCUT2D eigenvalue weighted by Gasteiger charge is 1.87. The lowest BCUT2D eigenvalue weighted by Crippen LogP contribution is -2.23. The minimum Gasteiger partial charge on any atom is -0.307 e. The summed E-state index contributed by atoms with van der Waals surface area (Å²) in [5.41, 5.74) is 0. The van der Waals surface area contributed by atoms with Gasteiger partial charge in [-0.3, -0.25) is 0 Å². The largest absolute Gasteiger partial charge is 0.307 e. The van der Waals surface area contributed by atoms with Gasteiger partial charge in [-0.2, -0.15) is 0 Å². The summed E-state index contributed by atoms with van der Waals surface area (Å²) >= 11 is 0. The van der Waals surface area contributed by atoms with Crippen molar-refractivity contribution in [1.29, 1.82) is 0 Å². The van der Waals surface area contributed by atoms with Crippen LogP contribution in [0, 0.1) is 0 Å². The molecule has 0 aromatic rings. The number of hydrogen-bond donors (Lipinski definition) is 1. The van der Waals surface area contributed by atoms with E-state index in [1.807, 2.05) is 19.1 Å². The molecule has 0 aromatic carbocycles. The number of rotatable bonds is 4. The highest BCUT2D eigenvalue weighted by atomic mass is 14.9. The molecular weight excluding hydrogens is 110 g/mol. The van der Waals surface area contributed by atoms with Crippen molar-refractivity contribution >= 4 is 0 Å². The van der Waals surface area contributed by atoms with Crippen LogP contribution in [0.2, 0.25) is 0 Å². The van der Waals surface area contributed by atoms with Gasteiger partial charge in [-0.15, -0.1) is 6.58 Å². The third-order valence-corrected chi connectivity index (χ3v) is 1.15. The molecule has 0 radical (unpaired) electrons. The van der Waals surface area contributed by atoms with E-state index in [0.717, 1.165) is 6.54 Å². The van der Waals surface area contributed by atoms with Crippen LogP contribution in [0.1, 0.15) is 13.8 Å². The third-order valence-electron chi connectivity index (χ3n) is 1.15. The van der Waals surface area contributed by atoms with E-state index in [-0.39, 0.29) is 0 Å². The molecule has 1 atom stereocenters. The summed E-state index contributed by atoms with van der Waals surface area (Å²) in [5, 5.41) is 3.23. The number of nitrogens with one attached hydrogen (secondary N) is 1. The molecule has 0 aromatic heterocycles. The molecule has 0 saturated carbocycles. The van der Waals surface area contributed by atoms with E-state index < -0.39 is 0 Å². The normalized spacial score (nSPS) is 14.0. The van der Waals surface area contributed by atoms with Crippen LogP contribution in [0.3, 0.4) is 0 Å². The van der Waals surface area contributed by atoms with Crippen LogP contribution in [0.15, 0.2) is 24.8 Å². The van der Waals surface area contributed by atoms with Crippen molar-refractivity contribution in [3.63, 3.8) is 0 Å². The van der Waals surface area contributed by atoms with E-state index in [2.05, 4.69) is 24.9 Å². The van der Waals surface area contributed by atoms with E-state index in [0.29, 0.717) is 6.04 Å². The van der Waals surface area contributed by atoms with Gasteiger partial charge in [0, 0.05) is 12.6 Å². The monoisotopic (exact) mass is 125 g/mol. The fraction of sp³-hybridized carbons (Fsp3) is 0.500. The van der Waals surface area contributed by atoms with Gasteiger partial charge in [0.15, 0.2) is 0 Å². The van der Waals surface area contributed by atoms with Crippen LogP contribution in [0.4, 0.5) is 0 Å². The molecule has 0 heterocycles. The second-order valence-electron chi connectivity index (χ2n) is 2.00. The van der Waals surface area contributed by atoms with Crippen molar-refractivity contribution in [1.82, 2.24) is 5.32 Å². The summed E-state index contributed by atoms with van der Waals surface area (Å²) in [6.45, 7) is 8.68. The predicted molar refractivity (Wildman–Crippen MR) is 42.5 cm³/mol. The Hall–Kier alpha value is -0.560. The van der Waals surface area contributed by atoms with Crippen LogP contribution in [-0.4, -0.2) is 12.6 Å². The second-order valence-corrected chi connectivity index (χ2v) is 2.00. The summed E-state index contributed by atoms with van der Waals surface area (Å²) < 4.78 is 0. The van der Waals surface area contributed by atoms with Crippen LogP contribution < -0.4 is 5.32 Å². The lowest BCUT2D eigenvalue weighted by molar-refractivity contribution is 0.686. The number of allylic oxidation sites excluding steroid dienone is 1. The Labute approximate surface area is 57.5 Å². The first-order valence-electron chi connectivity index (χ1n) is 3.28. The molecule has 0 spiro atoms. The van der Waals surface area contributed by atoms with Gasteiger partial charge in [0.1, 0.15) is 0 Å². The quantitative estimate of drug-likeness (QED) is 0.564. The van der Waals surface area contributed by atoms with E-state index in [4.69, 9.17) is 0 Å². The maximum Gasteiger partial charge on any atom is 0.0222 e. The first-order valence-corrected chi connectivity index (χ1v) is 3.28. The summed E-state index contributed by atoms with van der Waals surface area (Å²) in [6, 6.07) is 0.418. The van der Waals surface area contributed by atoms with Crippen LogP contribution in [0.25, 0.3) is 0 Å². The lowest BCUT2D eigenvalue weighted by atomic mass is 10.3. The fourth-order valence-electron chi connectivity index (χ4n) is 0.455. The maximum atomic E-state index is 3.65. The van der Waals surface area contributed by atoms with Crippen molar-refractivity contribution in [3.8, 4) is 0 Å². The molecule has 1 heteroatoms. The standard InChI is InChI=1S/C8H15N/c1-4-6-7-9-8(3)5-2/h4-6,8-9H,2,7H2,1,3H3/b6-4+. The average Bonchev–Trinajstić information content (AvgIpc) is 1.89. The first kappa shape index (κ1) is 8.44. The highest BCUT2D eigenvalue weighted by molar-refractivity contribution is 4.86. The van der Waals surface area contributed by atoms with Gasteiger partial charge in [0.25, 0.3) is 0 Å². The molecule has 0 bridgehead atoms. The Balaban J connectivity index is 3.16. The predicted octanol–water partition coefficient (Wildman–Crippen LogP) is 1.73. The van der Waals surface area contributed by atoms with Gasteiger partial charge in [-0.25, -0.2) is 0 Å². The first-order chi connectivity index (χ1) is 4.31. The molecule has 1 nitrogen and oxygen atoms in total. The zero-order chi connectivity index (χ0) is 7.11. The molecule has 1 unspecified atom stereocenters. The molecule has 0 fully saturated rings. The summed E-state index contributed by atoms with van der Waals surface area (Å²) in [5.74, 6) is 0. The Morgan fingerprint density at radius 1 is 1.67 bits per heavy atom. The van der Waals surface area contributed by atoms with Gasteiger partial charge < -0.3 is 5.32 Å². The molecule has 9 heavy (non-hydrogen) atoms. The average molecular weight is 125 g/mol. The van der Waals surface area contributed by atoms with E-state index >= 15 is 0 Å². The highest BCUT2D eigenvalue weighted by Crippen LogP contribution is 1.79. The SMILES string of the molecule is C=CC(C)NC/C=C/C. The molecule has 0 aliphatic rings. The van der Waals surface area contributed by atoms with Crippen molar-refractivity contribution in [2.45, 2.75) is 19.9 Å². The van der Waals surface area contributed by atoms with Gasteiger partial charge in [0.2, 0.25) is 0 Å². The van der Waals surface area contributed by atoms with E-state index in [9.17, 15) is 0 Å². The van der Waals surface area contributed by atoms with E-state index in [1.54, 1.807) is 0 Å². The molecular formula is C8H15N. The molecule has 0 saturated heterocycles. The zero-order valence-corrected chi connectivity index (χ0v) is 6.22. The van der Waals surface area contributed by atoms with Crippen molar-refractivity contribution in [2.24, 2.45) is 0 Å². The Bertz CT molecular complexity index is 94.7. The Morgan fingerprint density at radius 2 is 2.33 bits per heavy atom. The van der Waals surface area contributed by atoms with E-state index in [1.165, 1.54) is 0 Å². The number of hydrogen-bond acceptors (Lipinski definition) is 1.